The number of nitro groups is 1. The van der Waals surface area contributed by atoms with Gasteiger partial charge in [0.25, 0.3) is 11.6 Å². The minimum absolute atomic E-state index is 0.131. The summed E-state index contributed by atoms with van der Waals surface area (Å²) < 4.78 is 5.67. The highest BCUT2D eigenvalue weighted by Crippen LogP contribution is 2.29. The Labute approximate surface area is 179 Å². The molecule has 0 radical (unpaired) electrons. The summed E-state index contributed by atoms with van der Waals surface area (Å²) in [5.74, 6) is 0.236. The summed E-state index contributed by atoms with van der Waals surface area (Å²) in [6.45, 7) is 4.34. The number of unbranched alkanes of at least 4 members (excludes halogenated alkanes) is 1. The quantitative estimate of drug-likeness (QED) is 0.335. The molecule has 0 fully saturated rings. The summed E-state index contributed by atoms with van der Waals surface area (Å²) in [4.78, 5) is 35.6. The first-order valence-corrected chi connectivity index (χ1v) is 9.96. The minimum atomic E-state index is -0.683. The van der Waals surface area contributed by atoms with Crippen molar-refractivity contribution in [1.82, 2.24) is 10.6 Å². The molecule has 9 nitrogen and oxygen atoms in total. The van der Waals surface area contributed by atoms with Crippen molar-refractivity contribution in [3.05, 3.63) is 75.5 Å². The summed E-state index contributed by atoms with van der Waals surface area (Å²) in [6.07, 6.45) is 1.99. The number of anilines is 1. The van der Waals surface area contributed by atoms with Gasteiger partial charge in [-0.1, -0.05) is 31.5 Å². The molecule has 0 aromatic heterocycles. The van der Waals surface area contributed by atoms with Gasteiger partial charge in [0.15, 0.2) is 0 Å². The summed E-state index contributed by atoms with van der Waals surface area (Å²) in [5.41, 5.74) is 1.58. The molecule has 9 heteroatoms. The van der Waals surface area contributed by atoms with E-state index in [1.54, 1.807) is 37.3 Å². The van der Waals surface area contributed by atoms with Gasteiger partial charge in [0, 0.05) is 23.5 Å². The van der Waals surface area contributed by atoms with Crippen molar-refractivity contribution in [3.63, 3.8) is 0 Å². The Hall–Kier alpha value is -3.88. The van der Waals surface area contributed by atoms with E-state index < -0.39 is 22.9 Å². The zero-order valence-corrected chi connectivity index (χ0v) is 17.3. The highest BCUT2D eigenvalue weighted by atomic mass is 16.6. The zero-order valence-electron chi connectivity index (χ0n) is 17.3. The summed E-state index contributed by atoms with van der Waals surface area (Å²) in [6, 6.07) is 11.8. The molecule has 0 aliphatic carbocycles. The largest absolute Gasteiger partial charge is 0.494 e. The average molecular weight is 424 g/mol. The molecule has 31 heavy (non-hydrogen) atoms. The highest BCUT2D eigenvalue weighted by molar-refractivity contribution is 6.06. The van der Waals surface area contributed by atoms with Gasteiger partial charge in [-0.3, -0.25) is 14.9 Å². The molecule has 3 N–H and O–H groups in total. The fourth-order valence-corrected chi connectivity index (χ4v) is 3.23. The van der Waals surface area contributed by atoms with Crippen LogP contribution in [0.3, 0.4) is 0 Å². The number of allylic oxidation sites excluding steroid dienone is 1. The van der Waals surface area contributed by atoms with Crippen molar-refractivity contribution in [2.24, 2.45) is 0 Å². The van der Waals surface area contributed by atoms with Gasteiger partial charge >= 0.3 is 6.03 Å². The normalized spacial score (nSPS) is 15.7. The number of hydrogen-bond acceptors (Lipinski definition) is 5. The van der Waals surface area contributed by atoms with E-state index in [1.165, 1.54) is 18.2 Å². The first-order chi connectivity index (χ1) is 14.9. The lowest BCUT2D eigenvalue weighted by Gasteiger charge is -2.28. The second-order valence-corrected chi connectivity index (χ2v) is 7.10. The number of hydrogen-bond donors (Lipinski definition) is 3. The third kappa shape index (κ3) is 5.39. The maximum absolute atomic E-state index is 13.0. The molecule has 2 aromatic carbocycles. The Morgan fingerprint density at radius 1 is 1.23 bits per heavy atom. The number of urea groups is 1. The lowest BCUT2D eigenvalue weighted by molar-refractivity contribution is -0.384. The van der Waals surface area contributed by atoms with Crippen molar-refractivity contribution in [2.45, 2.75) is 32.7 Å². The minimum Gasteiger partial charge on any atom is -0.494 e. The van der Waals surface area contributed by atoms with Crippen LogP contribution in [-0.2, 0) is 4.79 Å². The predicted octanol–water partition coefficient (Wildman–Crippen LogP) is 4.04. The molecule has 1 atom stereocenters. The van der Waals surface area contributed by atoms with Gasteiger partial charge in [-0.2, -0.15) is 0 Å². The van der Waals surface area contributed by atoms with Gasteiger partial charge in [-0.25, -0.2) is 4.79 Å². The molecule has 0 bridgehead atoms. The molecule has 1 aliphatic rings. The van der Waals surface area contributed by atoms with Crippen LogP contribution in [0.1, 0.15) is 38.3 Å². The predicted molar refractivity (Wildman–Crippen MR) is 116 cm³/mol. The third-order valence-corrected chi connectivity index (χ3v) is 4.81. The second-order valence-electron chi connectivity index (χ2n) is 7.10. The first kappa shape index (κ1) is 21.8. The number of amides is 3. The van der Waals surface area contributed by atoms with Gasteiger partial charge in [-0.05, 0) is 37.1 Å². The van der Waals surface area contributed by atoms with Gasteiger partial charge in [0.05, 0.1) is 23.1 Å². The van der Waals surface area contributed by atoms with E-state index >= 15 is 0 Å². The van der Waals surface area contributed by atoms with Gasteiger partial charge in [-0.15, -0.1) is 0 Å². The van der Waals surface area contributed by atoms with E-state index in [-0.39, 0.29) is 11.4 Å². The second kappa shape index (κ2) is 9.75. The van der Waals surface area contributed by atoms with Crippen LogP contribution in [0.4, 0.5) is 16.2 Å². The van der Waals surface area contributed by atoms with Crippen LogP contribution in [0.15, 0.2) is 59.8 Å². The summed E-state index contributed by atoms with van der Waals surface area (Å²) in [7, 11) is 0. The molecule has 0 unspecified atom stereocenters. The molecule has 3 amide bonds. The molecule has 0 saturated carbocycles. The van der Waals surface area contributed by atoms with Crippen LogP contribution >= 0.6 is 0 Å². The number of carbonyl (C=O) groups excluding carboxylic acids is 2. The number of benzene rings is 2. The van der Waals surface area contributed by atoms with Crippen LogP contribution in [0, 0.1) is 10.1 Å². The van der Waals surface area contributed by atoms with E-state index in [9.17, 15) is 19.7 Å². The van der Waals surface area contributed by atoms with E-state index in [2.05, 4.69) is 22.9 Å². The Kier molecular flexibility index (Phi) is 6.86. The highest BCUT2D eigenvalue weighted by Gasteiger charge is 2.31. The smallest absolute Gasteiger partial charge is 0.319 e. The number of nitrogens with one attached hydrogen (secondary N) is 3. The van der Waals surface area contributed by atoms with Crippen molar-refractivity contribution in [2.75, 3.05) is 11.9 Å². The van der Waals surface area contributed by atoms with Gasteiger partial charge in [0.1, 0.15) is 5.75 Å². The van der Waals surface area contributed by atoms with Crippen molar-refractivity contribution in [3.8, 4) is 5.75 Å². The van der Waals surface area contributed by atoms with Crippen molar-refractivity contribution < 1.29 is 19.2 Å². The molecular weight excluding hydrogens is 400 g/mol. The number of nitro benzene ring substituents is 1. The van der Waals surface area contributed by atoms with E-state index in [4.69, 9.17) is 4.74 Å². The Morgan fingerprint density at radius 2 is 1.97 bits per heavy atom. The Morgan fingerprint density at radius 3 is 2.65 bits per heavy atom. The van der Waals surface area contributed by atoms with Crippen molar-refractivity contribution in [1.29, 1.82) is 0 Å². The van der Waals surface area contributed by atoms with Crippen LogP contribution in [-0.4, -0.2) is 23.5 Å². The number of nitrogens with zero attached hydrogens (tertiary/aromatic N) is 1. The Balaban J connectivity index is 1.83. The third-order valence-electron chi connectivity index (χ3n) is 4.81. The molecule has 0 spiro atoms. The topological polar surface area (TPSA) is 123 Å². The van der Waals surface area contributed by atoms with Crippen LogP contribution in [0.25, 0.3) is 0 Å². The molecule has 3 rings (SSSR count). The standard InChI is InChI=1S/C22H24N4O5/c1-3-4-12-31-18-10-8-15(9-11-18)20-19(14(2)23-22(28)25-20)21(27)24-16-6-5-7-17(13-16)26(29)30/h5-11,13,20H,3-4,12H2,1-2H3,(H,24,27)(H2,23,25,28)/t20-/m0/s1. The zero-order chi connectivity index (χ0) is 22.4. The van der Waals surface area contributed by atoms with E-state index in [0.29, 0.717) is 29.2 Å². The molecule has 1 heterocycles. The number of carbonyl (C=O) groups is 2. The van der Waals surface area contributed by atoms with Crippen LogP contribution in [0.2, 0.25) is 0 Å². The fraction of sp³-hybridized carbons (Fsp3) is 0.273. The molecule has 0 saturated heterocycles. The summed E-state index contributed by atoms with van der Waals surface area (Å²) >= 11 is 0. The number of rotatable bonds is 8. The van der Waals surface area contributed by atoms with E-state index in [1.807, 2.05) is 0 Å². The maximum atomic E-state index is 13.0. The fourth-order valence-electron chi connectivity index (χ4n) is 3.23. The van der Waals surface area contributed by atoms with Gasteiger partial charge < -0.3 is 20.7 Å². The molecule has 1 aliphatic heterocycles. The van der Waals surface area contributed by atoms with Crippen LogP contribution in [0.5, 0.6) is 5.75 Å². The Bertz CT molecular complexity index is 1020. The first-order valence-electron chi connectivity index (χ1n) is 9.96. The molecule has 162 valence electrons. The number of non-ortho nitro benzene ring substituents is 1. The molecular formula is C22H24N4O5. The van der Waals surface area contributed by atoms with Crippen molar-refractivity contribution >= 4 is 23.3 Å². The van der Waals surface area contributed by atoms with Crippen LogP contribution < -0.4 is 20.7 Å². The monoisotopic (exact) mass is 424 g/mol. The van der Waals surface area contributed by atoms with E-state index in [0.717, 1.165) is 12.8 Å². The summed E-state index contributed by atoms with van der Waals surface area (Å²) in [5, 5.41) is 19.0. The lowest BCUT2D eigenvalue weighted by Crippen LogP contribution is -2.45. The van der Waals surface area contributed by atoms with Gasteiger partial charge in [0.2, 0.25) is 0 Å². The maximum Gasteiger partial charge on any atom is 0.319 e. The lowest BCUT2D eigenvalue weighted by atomic mass is 9.94. The average Bonchev–Trinajstić information content (AvgIpc) is 2.74. The number of ether oxygens (including phenoxy) is 1. The molecule has 2 aromatic rings. The SMILES string of the molecule is CCCCOc1ccc([C@@H]2NC(=O)NC(C)=C2C(=O)Nc2cccc([N+](=O)[O-])c2)cc1.